The van der Waals surface area contributed by atoms with Gasteiger partial charge in [0.2, 0.25) is 0 Å². The smallest absolute Gasteiger partial charge is 0.135 e. The van der Waals surface area contributed by atoms with Crippen molar-refractivity contribution in [2.24, 2.45) is 7.05 Å². The second kappa shape index (κ2) is 7.13. The van der Waals surface area contributed by atoms with Gasteiger partial charge in [0.15, 0.2) is 0 Å². The maximum atomic E-state index is 10.1. The molecule has 3 aromatic rings. The number of benzene rings is 1. The monoisotopic (exact) mass is 367 g/mol. The normalized spacial score (nSPS) is 20.0. The van der Waals surface area contributed by atoms with Crippen LogP contribution in [0.2, 0.25) is 0 Å². The molecule has 1 aromatic carbocycles. The van der Waals surface area contributed by atoms with Crippen LogP contribution in [0.25, 0.3) is 11.0 Å². The van der Waals surface area contributed by atoms with Crippen LogP contribution < -0.4 is 10.2 Å². The standard InChI is InChI=1S/C19H25N7O/c1-24(2)9-14-7-15(27)10-26(14)19-8-18(20-11-21-19)23-13-4-5-17-16(6-13)22-12-25(17)3/h4-6,8,11-12,14-15,27H,7,9-10H2,1-3H3,(H,20,21,23)/t14-,15-/m1/s1. The molecule has 27 heavy (non-hydrogen) atoms. The number of fused-ring (bicyclic) bond motifs is 1. The molecule has 4 rings (SSSR count). The number of β-amino-alcohol motifs (C(OH)–C–C–N with tert-alkyl or cyclic N) is 1. The van der Waals surface area contributed by atoms with Crippen LogP contribution in [0.1, 0.15) is 6.42 Å². The van der Waals surface area contributed by atoms with E-state index < -0.39 is 0 Å². The van der Waals surface area contributed by atoms with E-state index in [1.807, 2.05) is 50.0 Å². The highest BCUT2D eigenvalue weighted by Gasteiger charge is 2.32. The van der Waals surface area contributed by atoms with Gasteiger partial charge in [0.1, 0.15) is 18.0 Å². The minimum absolute atomic E-state index is 0.239. The van der Waals surface area contributed by atoms with E-state index in [2.05, 4.69) is 30.1 Å². The molecule has 0 bridgehead atoms. The number of likely N-dealkylation sites (N-methyl/N-ethyl adjacent to an activating group) is 1. The number of nitrogens with one attached hydrogen (secondary N) is 1. The number of rotatable bonds is 5. The van der Waals surface area contributed by atoms with E-state index in [0.29, 0.717) is 6.54 Å². The van der Waals surface area contributed by atoms with Crippen LogP contribution in [-0.2, 0) is 7.05 Å². The molecule has 0 radical (unpaired) electrons. The minimum Gasteiger partial charge on any atom is -0.391 e. The van der Waals surface area contributed by atoms with Gasteiger partial charge in [-0.25, -0.2) is 15.0 Å². The van der Waals surface area contributed by atoms with Gasteiger partial charge in [0, 0.05) is 37.9 Å². The summed E-state index contributed by atoms with van der Waals surface area (Å²) in [4.78, 5) is 17.5. The minimum atomic E-state index is -0.326. The van der Waals surface area contributed by atoms with E-state index in [9.17, 15) is 5.11 Å². The predicted octanol–water partition coefficient (Wildman–Crippen LogP) is 1.61. The largest absolute Gasteiger partial charge is 0.391 e. The molecule has 1 saturated heterocycles. The van der Waals surface area contributed by atoms with E-state index in [0.717, 1.165) is 41.3 Å². The second-order valence-electron chi connectivity index (χ2n) is 7.40. The van der Waals surface area contributed by atoms with Crippen molar-refractivity contribution < 1.29 is 5.11 Å². The van der Waals surface area contributed by atoms with E-state index in [-0.39, 0.29) is 12.1 Å². The Morgan fingerprint density at radius 3 is 2.89 bits per heavy atom. The van der Waals surface area contributed by atoms with Gasteiger partial charge in [0.05, 0.1) is 23.5 Å². The SMILES string of the molecule is CN(C)C[C@H]1C[C@@H](O)CN1c1cc(Nc2ccc3c(c2)ncn3C)ncn1. The summed E-state index contributed by atoms with van der Waals surface area (Å²) in [6.45, 7) is 1.47. The molecule has 0 aliphatic carbocycles. The molecule has 0 amide bonds. The lowest BCUT2D eigenvalue weighted by Gasteiger charge is -2.27. The third-order valence-electron chi connectivity index (χ3n) is 4.91. The predicted molar refractivity (Wildman–Crippen MR) is 106 cm³/mol. The van der Waals surface area contributed by atoms with Gasteiger partial charge >= 0.3 is 0 Å². The number of anilines is 3. The lowest BCUT2D eigenvalue weighted by Crippen LogP contribution is -2.38. The Bertz CT molecular complexity index is 939. The number of hydrogen-bond donors (Lipinski definition) is 2. The topological polar surface area (TPSA) is 82.3 Å². The Kier molecular flexibility index (Phi) is 4.67. The Labute approximate surface area is 158 Å². The molecule has 1 aliphatic rings. The first-order valence-electron chi connectivity index (χ1n) is 9.09. The third kappa shape index (κ3) is 3.72. The molecule has 8 nitrogen and oxygen atoms in total. The lowest BCUT2D eigenvalue weighted by molar-refractivity contribution is 0.191. The third-order valence-corrected chi connectivity index (χ3v) is 4.91. The highest BCUT2D eigenvalue weighted by Crippen LogP contribution is 2.27. The van der Waals surface area contributed by atoms with Crippen molar-refractivity contribution in [3.8, 4) is 0 Å². The van der Waals surface area contributed by atoms with Gasteiger partial charge in [-0.1, -0.05) is 0 Å². The van der Waals surface area contributed by atoms with Gasteiger partial charge in [-0.05, 0) is 38.7 Å². The molecule has 0 spiro atoms. The number of hydrogen-bond acceptors (Lipinski definition) is 7. The van der Waals surface area contributed by atoms with Gasteiger partial charge in [-0.15, -0.1) is 0 Å². The van der Waals surface area contributed by atoms with E-state index in [4.69, 9.17) is 0 Å². The first-order valence-corrected chi connectivity index (χ1v) is 9.09. The average Bonchev–Trinajstić information content (AvgIpc) is 3.17. The summed E-state index contributed by atoms with van der Waals surface area (Å²) in [5.41, 5.74) is 2.95. The zero-order valence-corrected chi connectivity index (χ0v) is 15.9. The first-order chi connectivity index (χ1) is 13.0. The summed E-state index contributed by atoms with van der Waals surface area (Å²) < 4.78 is 1.99. The zero-order valence-electron chi connectivity index (χ0n) is 15.9. The summed E-state index contributed by atoms with van der Waals surface area (Å²) in [7, 11) is 6.07. The average molecular weight is 367 g/mol. The number of aliphatic hydroxyl groups excluding tert-OH is 1. The van der Waals surface area contributed by atoms with E-state index in [1.165, 1.54) is 0 Å². The Balaban J connectivity index is 1.56. The number of aryl methyl sites for hydroxylation is 1. The van der Waals surface area contributed by atoms with Crippen molar-refractivity contribution in [3.05, 3.63) is 36.9 Å². The molecule has 2 atom stereocenters. The molecular weight excluding hydrogens is 342 g/mol. The molecule has 142 valence electrons. The van der Waals surface area contributed by atoms with Crippen molar-refractivity contribution in [1.82, 2.24) is 24.4 Å². The lowest BCUT2D eigenvalue weighted by atomic mass is 10.2. The van der Waals surface area contributed by atoms with Crippen LogP contribution in [0.5, 0.6) is 0 Å². The summed E-state index contributed by atoms with van der Waals surface area (Å²) in [5.74, 6) is 1.55. The highest BCUT2D eigenvalue weighted by molar-refractivity contribution is 5.80. The van der Waals surface area contributed by atoms with Crippen LogP contribution in [0.3, 0.4) is 0 Å². The van der Waals surface area contributed by atoms with Crippen molar-refractivity contribution in [3.63, 3.8) is 0 Å². The maximum Gasteiger partial charge on any atom is 0.135 e. The summed E-state index contributed by atoms with van der Waals surface area (Å²) in [6.07, 6.45) is 3.80. The molecule has 0 saturated carbocycles. The van der Waals surface area contributed by atoms with Crippen molar-refractivity contribution in [1.29, 1.82) is 0 Å². The van der Waals surface area contributed by atoms with Crippen LogP contribution in [0.15, 0.2) is 36.9 Å². The van der Waals surface area contributed by atoms with Crippen molar-refractivity contribution in [2.45, 2.75) is 18.6 Å². The number of imidazole rings is 1. The molecule has 3 heterocycles. The van der Waals surface area contributed by atoms with Crippen LogP contribution >= 0.6 is 0 Å². The summed E-state index contributed by atoms with van der Waals surface area (Å²) in [6, 6.07) is 8.23. The fourth-order valence-corrected chi connectivity index (χ4v) is 3.70. The molecule has 1 fully saturated rings. The van der Waals surface area contributed by atoms with Crippen LogP contribution in [-0.4, -0.2) is 68.9 Å². The molecule has 2 aromatic heterocycles. The molecule has 1 aliphatic heterocycles. The van der Waals surface area contributed by atoms with E-state index >= 15 is 0 Å². The van der Waals surface area contributed by atoms with Crippen LogP contribution in [0.4, 0.5) is 17.3 Å². The van der Waals surface area contributed by atoms with E-state index in [1.54, 1.807) is 12.7 Å². The first kappa shape index (κ1) is 17.7. The van der Waals surface area contributed by atoms with Gasteiger partial charge in [-0.3, -0.25) is 0 Å². The number of aromatic nitrogens is 4. The fraction of sp³-hybridized carbons (Fsp3) is 0.421. The second-order valence-corrected chi connectivity index (χ2v) is 7.40. The zero-order chi connectivity index (χ0) is 19.0. The Morgan fingerprint density at radius 2 is 2.07 bits per heavy atom. The highest BCUT2D eigenvalue weighted by atomic mass is 16.3. The van der Waals surface area contributed by atoms with Gasteiger partial charge in [-0.2, -0.15) is 0 Å². The van der Waals surface area contributed by atoms with Gasteiger partial charge in [0.25, 0.3) is 0 Å². The molecule has 2 N–H and O–H groups in total. The fourth-order valence-electron chi connectivity index (χ4n) is 3.70. The number of aliphatic hydroxyl groups is 1. The summed E-state index contributed by atoms with van der Waals surface area (Å²) in [5, 5.41) is 13.5. The Morgan fingerprint density at radius 1 is 1.22 bits per heavy atom. The van der Waals surface area contributed by atoms with Gasteiger partial charge < -0.3 is 24.8 Å². The molecule has 0 unspecified atom stereocenters. The quantitative estimate of drug-likeness (QED) is 0.709. The number of nitrogens with zero attached hydrogens (tertiary/aromatic N) is 6. The Hall–Kier alpha value is -2.71. The maximum absolute atomic E-state index is 10.1. The van der Waals surface area contributed by atoms with Crippen molar-refractivity contribution >= 4 is 28.4 Å². The molecule has 8 heteroatoms. The van der Waals surface area contributed by atoms with Crippen molar-refractivity contribution in [2.75, 3.05) is 37.4 Å². The summed E-state index contributed by atoms with van der Waals surface area (Å²) >= 11 is 0. The van der Waals surface area contributed by atoms with Crippen LogP contribution in [0, 0.1) is 0 Å². The molecular formula is C19H25N7O.